The van der Waals surface area contributed by atoms with Crippen LogP contribution in [0.2, 0.25) is 5.02 Å². The number of hydrogen-bond donors (Lipinski definition) is 2. The number of primary sulfonamides is 1. The second-order valence-electron chi connectivity index (χ2n) is 5.07. The Morgan fingerprint density at radius 1 is 1.48 bits per heavy atom. The molecule has 0 spiro atoms. The molecule has 1 aromatic carbocycles. The number of amides is 1. The lowest BCUT2D eigenvalue weighted by molar-refractivity contribution is 0.0866. The van der Waals surface area contributed by atoms with E-state index >= 15 is 0 Å². The van der Waals surface area contributed by atoms with Crippen molar-refractivity contribution < 1.29 is 17.9 Å². The second-order valence-corrected chi connectivity index (χ2v) is 7.01. The highest BCUT2D eigenvalue weighted by Crippen LogP contribution is 2.25. The minimum atomic E-state index is -3.94. The zero-order valence-electron chi connectivity index (χ0n) is 11.7. The number of hydrogen-bond acceptors (Lipinski definition) is 4. The summed E-state index contributed by atoms with van der Waals surface area (Å²) in [6, 6.07) is 2.57. The van der Waals surface area contributed by atoms with Crippen molar-refractivity contribution in [1.82, 2.24) is 5.32 Å². The monoisotopic (exact) mass is 332 g/mol. The summed E-state index contributed by atoms with van der Waals surface area (Å²) in [5.74, 6) is -0.399. The highest BCUT2D eigenvalue weighted by molar-refractivity contribution is 7.89. The summed E-state index contributed by atoms with van der Waals surface area (Å²) in [7, 11) is -3.94. The standard InChI is InChI=1S/C13H17ClN2O4S/c1-7-10(14)5-9(6-12(7)21(15,18)19)13(17)16-11-3-4-20-8(11)2/h5-6,8,11H,3-4H2,1-2H3,(H,16,17)(H2,15,18,19). The molecule has 2 unspecified atom stereocenters. The molecule has 0 bridgehead atoms. The van der Waals surface area contributed by atoms with Crippen LogP contribution in [0.4, 0.5) is 0 Å². The van der Waals surface area contributed by atoms with Crippen LogP contribution in [0.3, 0.4) is 0 Å². The van der Waals surface area contributed by atoms with E-state index in [1.807, 2.05) is 6.92 Å². The van der Waals surface area contributed by atoms with Crippen molar-refractivity contribution in [2.45, 2.75) is 37.3 Å². The molecule has 116 valence electrons. The highest BCUT2D eigenvalue weighted by Gasteiger charge is 2.27. The Hall–Kier alpha value is -1.15. The molecule has 1 fully saturated rings. The van der Waals surface area contributed by atoms with Crippen LogP contribution >= 0.6 is 11.6 Å². The lowest BCUT2D eigenvalue weighted by atomic mass is 10.1. The third-order valence-electron chi connectivity index (χ3n) is 3.56. The molecule has 1 saturated heterocycles. The number of benzene rings is 1. The van der Waals surface area contributed by atoms with Crippen LogP contribution in [0.15, 0.2) is 17.0 Å². The fourth-order valence-electron chi connectivity index (χ4n) is 2.25. The molecule has 0 aliphatic carbocycles. The van der Waals surface area contributed by atoms with E-state index in [9.17, 15) is 13.2 Å². The summed E-state index contributed by atoms with van der Waals surface area (Å²) in [6.45, 7) is 4.00. The molecular formula is C13H17ClN2O4S. The summed E-state index contributed by atoms with van der Waals surface area (Å²) >= 11 is 5.99. The summed E-state index contributed by atoms with van der Waals surface area (Å²) < 4.78 is 28.5. The van der Waals surface area contributed by atoms with Gasteiger partial charge in [0.15, 0.2) is 0 Å². The van der Waals surface area contributed by atoms with Gasteiger partial charge in [-0.1, -0.05) is 11.6 Å². The predicted octanol–water partition coefficient (Wildman–Crippen LogP) is 1.20. The Morgan fingerprint density at radius 3 is 2.67 bits per heavy atom. The molecule has 2 atom stereocenters. The summed E-state index contributed by atoms with van der Waals surface area (Å²) in [5, 5.41) is 8.14. The number of rotatable bonds is 3. The molecule has 0 radical (unpaired) electrons. The molecule has 1 amide bonds. The topological polar surface area (TPSA) is 98.5 Å². The van der Waals surface area contributed by atoms with Crippen molar-refractivity contribution in [3.05, 3.63) is 28.3 Å². The maximum atomic E-state index is 12.2. The van der Waals surface area contributed by atoms with Gasteiger partial charge in [0.2, 0.25) is 10.0 Å². The minimum absolute atomic E-state index is 0.0763. The van der Waals surface area contributed by atoms with Gasteiger partial charge in [-0.05, 0) is 38.0 Å². The van der Waals surface area contributed by atoms with Crippen LogP contribution in [-0.2, 0) is 14.8 Å². The van der Waals surface area contributed by atoms with E-state index in [1.165, 1.54) is 19.1 Å². The van der Waals surface area contributed by atoms with Gasteiger partial charge >= 0.3 is 0 Å². The Bertz CT molecular complexity index is 675. The molecule has 1 aliphatic rings. The lowest BCUT2D eigenvalue weighted by Crippen LogP contribution is -2.39. The maximum Gasteiger partial charge on any atom is 0.251 e. The number of carbonyl (C=O) groups excluding carboxylic acids is 1. The minimum Gasteiger partial charge on any atom is -0.376 e. The van der Waals surface area contributed by atoms with Gasteiger partial charge in [0, 0.05) is 17.2 Å². The molecule has 0 saturated carbocycles. The van der Waals surface area contributed by atoms with Crippen molar-refractivity contribution in [2.75, 3.05) is 6.61 Å². The summed E-state index contributed by atoms with van der Waals surface area (Å²) in [4.78, 5) is 12.1. The smallest absolute Gasteiger partial charge is 0.251 e. The largest absolute Gasteiger partial charge is 0.376 e. The van der Waals surface area contributed by atoms with Gasteiger partial charge in [-0.25, -0.2) is 13.6 Å². The van der Waals surface area contributed by atoms with E-state index in [0.717, 1.165) is 0 Å². The number of halogens is 1. The van der Waals surface area contributed by atoms with Gasteiger partial charge in [-0.15, -0.1) is 0 Å². The van der Waals surface area contributed by atoms with Crippen LogP contribution in [0.5, 0.6) is 0 Å². The summed E-state index contributed by atoms with van der Waals surface area (Å²) in [6.07, 6.45) is 0.640. The number of carbonyl (C=O) groups is 1. The molecule has 1 aliphatic heterocycles. The van der Waals surface area contributed by atoms with E-state index in [2.05, 4.69) is 5.32 Å². The molecule has 0 aromatic heterocycles. The Kier molecular flexibility index (Phi) is 4.57. The van der Waals surface area contributed by atoms with Gasteiger partial charge in [0.25, 0.3) is 5.91 Å². The van der Waals surface area contributed by atoms with E-state index in [1.54, 1.807) is 0 Å². The SMILES string of the molecule is Cc1c(Cl)cc(C(=O)NC2CCOC2C)cc1S(N)(=O)=O. The molecule has 6 nitrogen and oxygen atoms in total. The van der Waals surface area contributed by atoms with Crippen LogP contribution in [0, 0.1) is 6.92 Å². The number of nitrogens with two attached hydrogens (primary N) is 1. The average Bonchev–Trinajstić information content (AvgIpc) is 2.76. The van der Waals surface area contributed by atoms with Gasteiger partial charge in [0.1, 0.15) is 0 Å². The first kappa shape index (κ1) is 16.2. The van der Waals surface area contributed by atoms with Crippen LogP contribution in [0.25, 0.3) is 0 Å². The van der Waals surface area contributed by atoms with E-state index in [0.29, 0.717) is 18.6 Å². The number of nitrogens with one attached hydrogen (secondary N) is 1. The third-order valence-corrected chi connectivity index (χ3v) is 4.99. The Labute approximate surface area is 128 Å². The molecule has 8 heteroatoms. The fraction of sp³-hybridized carbons (Fsp3) is 0.462. The van der Waals surface area contributed by atoms with E-state index in [4.69, 9.17) is 21.5 Å². The van der Waals surface area contributed by atoms with Crippen molar-refractivity contribution in [1.29, 1.82) is 0 Å². The highest BCUT2D eigenvalue weighted by atomic mass is 35.5. The maximum absolute atomic E-state index is 12.2. The van der Waals surface area contributed by atoms with Gasteiger partial charge < -0.3 is 10.1 Å². The van der Waals surface area contributed by atoms with E-state index in [-0.39, 0.29) is 27.6 Å². The summed E-state index contributed by atoms with van der Waals surface area (Å²) in [5.41, 5.74) is 0.488. The van der Waals surface area contributed by atoms with Crippen molar-refractivity contribution in [3.8, 4) is 0 Å². The van der Waals surface area contributed by atoms with Gasteiger partial charge in [-0.3, -0.25) is 4.79 Å². The average molecular weight is 333 g/mol. The van der Waals surface area contributed by atoms with Crippen molar-refractivity contribution in [3.63, 3.8) is 0 Å². The first-order chi connectivity index (χ1) is 9.70. The number of ether oxygens (including phenoxy) is 1. The number of sulfonamides is 1. The van der Waals surface area contributed by atoms with Crippen molar-refractivity contribution >= 4 is 27.5 Å². The van der Waals surface area contributed by atoms with Crippen LogP contribution in [0.1, 0.15) is 29.3 Å². The molecule has 1 aromatic rings. The Morgan fingerprint density at radius 2 is 2.14 bits per heavy atom. The molecule has 2 rings (SSSR count). The fourth-order valence-corrected chi connectivity index (χ4v) is 3.36. The predicted molar refractivity (Wildman–Crippen MR) is 78.8 cm³/mol. The quantitative estimate of drug-likeness (QED) is 0.869. The Balaban J connectivity index is 2.32. The lowest BCUT2D eigenvalue weighted by Gasteiger charge is -2.17. The van der Waals surface area contributed by atoms with Gasteiger partial charge in [0.05, 0.1) is 17.0 Å². The van der Waals surface area contributed by atoms with Crippen LogP contribution < -0.4 is 10.5 Å². The second kappa shape index (κ2) is 5.92. The zero-order valence-corrected chi connectivity index (χ0v) is 13.3. The molecule has 21 heavy (non-hydrogen) atoms. The van der Waals surface area contributed by atoms with E-state index < -0.39 is 15.9 Å². The van der Waals surface area contributed by atoms with Gasteiger partial charge in [-0.2, -0.15) is 0 Å². The molecule has 3 N–H and O–H groups in total. The first-order valence-electron chi connectivity index (χ1n) is 6.45. The first-order valence-corrected chi connectivity index (χ1v) is 8.38. The third kappa shape index (κ3) is 3.55. The zero-order chi connectivity index (χ0) is 15.8. The van der Waals surface area contributed by atoms with Crippen LogP contribution in [-0.4, -0.2) is 33.1 Å². The van der Waals surface area contributed by atoms with Crippen molar-refractivity contribution in [2.24, 2.45) is 5.14 Å². The molecular weight excluding hydrogens is 316 g/mol. The molecule has 1 heterocycles. The normalized spacial score (nSPS) is 22.3.